The minimum absolute atomic E-state index is 0. The van der Waals surface area contributed by atoms with Crippen molar-refractivity contribution in [3.05, 3.63) is 104 Å². The van der Waals surface area contributed by atoms with E-state index in [9.17, 15) is 0 Å². The zero-order chi connectivity index (χ0) is 23.1. The van der Waals surface area contributed by atoms with Gasteiger partial charge in [-0.25, -0.2) is 0 Å². The number of benzene rings is 2. The molecule has 0 N–H and O–H groups in total. The van der Waals surface area contributed by atoms with Crippen LogP contribution in [0.3, 0.4) is 0 Å². The van der Waals surface area contributed by atoms with Crippen molar-refractivity contribution >= 4 is 23.0 Å². The Morgan fingerprint density at radius 2 is 1.00 bits per heavy atom. The fraction of sp³-hybridized carbons (Fsp3) is 0.333. The summed E-state index contributed by atoms with van der Waals surface area (Å²) in [7, 11) is 0. The Morgan fingerprint density at radius 3 is 1.34 bits per heavy atom. The third kappa shape index (κ3) is 3.75. The summed E-state index contributed by atoms with van der Waals surface area (Å²) >= 11 is -2.83. The van der Waals surface area contributed by atoms with Crippen LogP contribution in [0.4, 0.5) is 0 Å². The van der Waals surface area contributed by atoms with Crippen molar-refractivity contribution in [2.75, 3.05) is 0 Å². The van der Waals surface area contributed by atoms with Crippen molar-refractivity contribution in [1.29, 1.82) is 0 Å². The van der Waals surface area contributed by atoms with Gasteiger partial charge in [-0.1, -0.05) is 0 Å². The SMILES string of the molecule is CC1=Cc2c(C(C)C)cccc2[CH]1[Zr+2]1([CH]2C(C)=Cc3c(C(C)C)cccc32)=[Si]2C=C[Si]=1C=C2.[Cl-].[Cl-]. The van der Waals surface area contributed by atoms with Crippen LogP contribution in [0, 0.1) is 0 Å². The summed E-state index contributed by atoms with van der Waals surface area (Å²) in [5, 5.41) is 0. The molecule has 0 fully saturated rings. The third-order valence-corrected chi connectivity index (χ3v) is 57.6. The molecule has 0 spiro atoms. The van der Waals surface area contributed by atoms with E-state index in [4.69, 9.17) is 0 Å². The van der Waals surface area contributed by atoms with Gasteiger partial charge in [0.15, 0.2) is 0 Å². The second kappa shape index (κ2) is 9.88. The first-order chi connectivity index (χ1) is 15.9. The molecule has 0 amide bonds. The van der Waals surface area contributed by atoms with Crippen LogP contribution in [0.25, 0.3) is 12.2 Å². The Labute approximate surface area is 228 Å². The second-order valence-corrected chi connectivity index (χ2v) is 42.6. The third-order valence-electron chi connectivity index (χ3n) is 8.62. The molecule has 35 heavy (non-hydrogen) atoms. The van der Waals surface area contributed by atoms with Crippen molar-refractivity contribution in [2.45, 2.75) is 60.6 Å². The summed E-state index contributed by atoms with van der Waals surface area (Å²) in [6, 6.07) is 14.5. The van der Waals surface area contributed by atoms with Gasteiger partial charge < -0.3 is 24.8 Å². The Morgan fingerprint density at radius 1 is 0.629 bits per heavy atom. The zero-order valence-electron chi connectivity index (χ0n) is 21.5. The van der Waals surface area contributed by atoms with Crippen LogP contribution >= 0.6 is 0 Å². The molecule has 2 aliphatic heterocycles. The van der Waals surface area contributed by atoms with E-state index >= 15 is 0 Å². The smallest absolute Gasteiger partial charge is 1.00 e. The summed E-state index contributed by atoms with van der Waals surface area (Å²) in [6.07, 6.45) is 5.21. The molecule has 0 nitrogen and oxygen atoms in total. The average molecular weight is 613 g/mol. The minimum atomic E-state index is -2.83. The van der Waals surface area contributed by atoms with Crippen LogP contribution in [0.15, 0.2) is 70.3 Å². The fourth-order valence-corrected chi connectivity index (χ4v) is 70.4. The van der Waals surface area contributed by atoms with Gasteiger partial charge in [-0.05, 0) is 0 Å². The molecule has 0 saturated carbocycles. The maximum absolute atomic E-state index is 2.83. The monoisotopic (exact) mass is 610 g/mol. The molecule has 2 atom stereocenters. The maximum Gasteiger partial charge on any atom is -1.00 e. The minimum Gasteiger partial charge on any atom is -1.00 e. The van der Waals surface area contributed by atoms with Gasteiger partial charge >= 0.3 is 205 Å². The molecule has 2 aromatic rings. The van der Waals surface area contributed by atoms with Crippen molar-refractivity contribution in [3.63, 3.8) is 0 Å². The van der Waals surface area contributed by atoms with Gasteiger partial charge in [0.1, 0.15) is 0 Å². The molecule has 2 bridgehead atoms. The molecule has 0 saturated heterocycles. The standard InChI is InChI=1S/2C13H15.C4H4Si2.2ClH.Zr/c2*1-9(2)12-6-4-5-11-7-10(3)8-13(11)12;1-2-6-4-3-5-1;;;/h2*4-9H,1-3H3;1-4H;2*1H;/q;;;;;+2/p-2. The van der Waals surface area contributed by atoms with Crippen LogP contribution < -0.4 is 24.8 Å². The summed E-state index contributed by atoms with van der Waals surface area (Å²) in [4.78, 5) is 0. The largest absolute Gasteiger partial charge is 1.00 e. The van der Waals surface area contributed by atoms with Crippen molar-refractivity contribution in [1.82, 2.24) is 0 Å². The number of fused-ring (bicyclic) bond motifs is 2. The maximum atomic E-state index is 2.75. The topological polar surface area (TPSA) is 0 Å². The van der Waals surface area contributed by atoms with Crippen LogP contribution in [0.1, 0.15) is 94.0 Å². The molecule has 2 aromatic carbocycles. The van der Waals surface area contributed by atoms with E-state index in [1.165, 1.54) is 0 Å². The summed E-state index contributed by atoms with van der Waals surface area (Å²) in [5.41, 5.74) is 23.0. The van der Waals surface area contributed by atoms with Gasteiger partial charge in [0.2, 0.25) is 0 Å². The van der Waals surface area contributed by atoms with Gasteiger partial charge in [-0.2, -0.15) is 0 Å². The van der Waals surface area contributed by atoms with Crippen molar-refractivity contribution in [2.24, 2.45) is 0 Å². The molecule has 5 heteroatoms. The van der Waals surface area contributed by atoms with E-state index in [0.29, 0.717) is 11.8 Å². The zero-order valence-corrected chi connectivity index (χ0v) is 27.5. The summed E-state index contributed by atoms with van der Waals surface area (Å²) in [6.45, 7) is 14.4. The van der Waals surface area contributed by atoms with Crippen LogP contribution in [-0.2, 0) is 17.5 Å². The Bertz CT molecular complexity index is 1350. The van der Waals surface area contributed by atoms with E-state index in [-0.39, 0.29) is 24.8 Å². The number of halogens is 2. The van der Waals surface area contributed by atoms with Crippen molar-refractivity contribution in [3.8, 4) is 0 Å². The van der Waals surface area contributed by atoms with E-state index < -0.39 is 28.4 Å². The number of hydrogen-bond acceptors (Lipinski definition) is 0. The van der Waals surface area contributed by atoms with Crippen LogP contribution in [0.2, 0.25) is 0 Å². The van der Waals surface area contributed by atoms with Gasteiger partial charge in [-0.3, -0.25) is 0 Å². The molecular weight excluding hydrogens is 579 g/mol. The van der Waals surface area contributed by atoms with Gasteiger partial charge in [-0.15, -0.1) is 0 Å². The number of rotatable bonds is 4. The molecule has 6 rings (SSSR count). The normalized spacial score (nSPS) is 20.5. The Kier molecular flexibility index (Phi) is 7.71. The Balaban J connectivity index is 0.00000144. The van der Waals surface area contributed by atoms with Crippen molar-refractivity contribution < 1.29 is 42.3 Å². The number of hydrogen-bond donors (Lipinski definition) is 0. The van der Waals surface area contributed by atoms with Crippen LogP contribution in [-0.4, -0.2) is 10.9 Å². The molecule has 2 heterocycles. The quantitative estimate of drug-likeness (QED) is 0.464. The Hall–Kier alpha value is -0.703. The predicted molar refractivity (Wildman–Crippen MR) is 144 cm³/mol. The molecule has 0 aromatic heterocycles. The predicted octanol–water partition coefficient (Wildman–Crippen LogP) is 1.99. The first-order valence-corrected chi connectivity index (χ1v) is 26.1. The number of allylic oxidation sites excluding steroid dienone is 2. The van der Waals surface area contributed by atoms with E-state index in [1.807, 2.05) is 0 Å². The van der Waals surface area contributed by atoms with Crippen LogP contribution in [0.5, 0.6) is 0 Å². The van der Waals surface area contributed by atoms with Gasteiger partial charge in [0.05, 0.1) is 0 Å². The second-order valence-electron chi connectivity index (χ2n) is 11.1. The molecule has 180 valence electrons. The molecule has 2 aliphatic carbocycles. The first kappa shape index (κ1) is 27.3. The average Bonchev–Trinajstić information content (AvgIpc) is 3.50. The van der Waals surface area contributed by atoms with Gasteiger partial charge in [0.25, 0.3) is 0 Å². The van der Waals surface area contributed by atoms with E-state index in [2.05, 4.69) is 113 Å². The molecular formula is C30H34Cl2Si2Zr. The molecule has 2 unspecified atom stereocenters. The molecule has 0 radical (unpaired) electrons. The fourth-order valence-electron chi connectivity index (χ4n) is 7.39. The summed E-state index contributed by atoms with van der Waals surface area (Å²) < 4.78 is 1.48. The summed E-state index contributed by atoms with van der Waals surface area (Å²) in [5.74, 6) is 1.16. The molecule has 4 aliphatic rings. The van der Waals surface area contributed by atoms with Gasteiger partial charge in [0, 0.05) is 0 Å². The first-order valence-electron chi connectivity index (χ1n) is 12.6. The van der Waals surface area contributed by atoms with E-state index in [0.717, 1.165) is 7.25 Å². The van der Waals surface area contributed by atoms with E-state index in [1.54, 1.807) is 44.5 Å².